The lowest BCUT2D eigenvalue weighted by Gasteiger charge is -2.42. The molecule has 0 saturated heterocycles. The van der Waals surface area contributed by atoms with Crippen molar-refractivity contribution in [1.82, 2.24) is 0 Å². The van der Waals surface area contributed by atoms with E-state index in [1.54, 1.807) is 0 Å². The van der Waals surface area contributed by atoms with Gasteiger partial charge in [0.25, 0.3) is 0 Å². The summed E-state index contributed by atoms with van der Waals surface area (Å²) in [5.41, 5.74) is 4.99. The minimum atomic E-state index is -0.344. The molecule has 0 bridgehead atoms. The van der Waals surface area contributed by atoms with Crippen LogP contribution in [0.5, 0.6) is 0 Å². The van der Waals surface area contributed by atoms with Crippen molar-refractivity contribution in [2.45, 2.75) is 15.2 Å². The van der Waals surface area contributed by atoms with Crippen LogP contribution in [0.1, 0.15) is 22.3 Å². The molecule has 1 heterocycles. The van der Waals surface area contributed by atoms with Gasteiger partial charge in [-0.2, -0.15) is 0 Å². The van der Waals surface area contributed by atoms with E-state index >= 15 is 0 Å². The van der Waals surface area contributed by atoms with E-state index in [2.05, 4.69) is 121 Å². The summed E-state index contributed by atoms with van der Waals surface area (Å²) in [7, 11) is 0. The molecule has 0 saturated carbocycles. The first-order valence-electron chi connectivity index (χ1n) is 10.3. The quantitative estimate of drug-likeness (QED) is 0.287. The van der Waals surface area contributed by atoms with E-state index in [9.17, 15) is 0 Å². The van der Waals surface area contributed by atoms with Gasteiger partial charge in [-0.25, -0.2) is 0 Å². The Morgan fingerprint density at radius 1 is 0.467 bits per heavy atom. The Balaban J connectivity index is 1.83. The van der Waals surface area contributed by atoms with Crippen LogP contribution in [0, 0.1) is 0 Å². The third kappa shape index (κ3) is 2.42. The highest BCUT2D eigenvalue weighted by molar-refractivity contribution is 7.99. The van der Waals surface area contributed by atoms with Gasteiger partial charge >= 0.3 is 0 Å². The second kappa shape index (κ2) is 6.90. The van der Waals surface area contributed by atoms with E-state index in [-0.39, 0.29) is 5.41 Å². The van der Waals surface area contributed by atoms with Gasteiger partial charge in [-0.15, -0.1) is 0 Å². The minimum absolute atomic E-state index is 0.344. The number of benzene rings is 5. The molecule has 0 nitrogen and oxygen atoms in total. The Hall–Kier alpha value is -3.29. The molecule has 0 amide bonds. The third-order valence-electron chi connectivity index (χ3n) is 6.20. The van der Waals surface area contributed by atoms with Crippen LogP contribution in [0.4, 0.5) is 0 Å². The van der Waals surface area contributed by atoms with E-state index in [1.807, 2.05) is 11.8 Å². The minimum Gasteiger partial charge on any atom is -0.0888 e. The highest BCUT2D eigenvalue weighted by atomic mass is 32.2. The van der Waals surface area contributed by atoms with Crippen molar-refractivity contribution in [3.63, 3.8) is 0 Å². The largest absolute Gasteiger partial charge is 0.0888 e. The normalized spacial score (nSPS) is 14.1. The third-order valence-corrected chi connectivity index (χ3v) is 7.42. The van der Waals surface area contributed by atoms with E-state index in [1.165, 1.54) is 42.8 Å². The van der Waals surface area contributed by atoms with Gasteiger partial charge in [0.15, 0.2) is 0 Å². The van der Waals surface area contributed by atoms with Crippen molar-refractivity contribution < 1.29 is 0 Å². The summed E-state index contributed by atoms with van der Waals surface area (Å²) in [6.45, 7) is 0. The molecular formula is C29H20S. The summed E-state index contributed by atoms with van der Waals surface area (Å²) in [5, 5.41) is 2.61. The van der Waals surface area contributed by atoms with E-state index in [0.717, 1.165) is 0 Å². The highest BCUT2D eigenvalue weighted by Gasteiger charge is 2.44. The van der Waals surface area contributed by atoms with Crippen LogP contribution in [-0.4, -0.2) is 0 Å². The summed E-state index contributed by atoms with van der Waals surface area (Å²) in [5.74, 6) is 0. The zero-order valence-corrected chi connectivity index (χ0v) is 17.3. The van der Waals surface area contributed by atoms with Crippen LogP contribution >= 0.6 is 11.8 Å². The Morgan fingerprint density at radius 2 is 1.07 bits per heavy atom. The molecule has 0 unspecified atom stereocenters. The molecule has 142 valence electrons. The molecule has 1 aliphatic heterocycles. The fourth-order valence-electron chi connectivity index (χ4n) is 4.93. The molecule has 30 heavy (non-hydrogen) atoms. The predicted molar refractivity (Wildman–Crippen MR) is 126 cm³/mol. The molecule has 0 aliphatic carbocycles. The summed E-state index contributed by atoms with van der Waals surface area (Å²) in [6, 6.07) is 44.2. The maximum atomic E-state index is 2.35. The van der Waals surface area contributed by atoms with Gasteiger partial charge in [-0.3, -0.25) is 0 Å². The lowest BCUT2D eigenvalue weighted by atomic mass is 9.64. The van der Waals surface area contributed by atoms with Crippen LogP contribution in [-0.2, 0) is 5.41 Å². The number of hydrogen-bond donors (Lipinski definition) is 0. The van der Waals surface area contributed by atoms with Crippen LogP contribution in [0.2, 0.25) is 0 Å². The molecule has 0 N–H and O–H groups in total. The van der Waals surface area contributed by atoms with Gasteiger partial charge in [-0.1, -0.05) is 127 Å². The fourth-order valence-corrected chi connectivity index (χ4v) is 6.26. The molecular weight excluding hydrogens is 380 g/mol. The molecule has 1 aliphatic rings. The number of hydrogen-bond acceptors (Lipinski definition) is 1. The molecule has 5 aromatic rings. The monoisotopic (exact) mass is 400 g/mol. The summed E-state index contributed by atoms with van der Waals surface area (Å²) in [6.07, 6.45) is 0. The van der Waals surface area contributed by atoms with Gasteiger partial charge in [0.05, 0.1) is 5.41 Å². The van der Waals surface area contributed by atoms with Crippen molar-refractivity contribution >= 4 is 22.5 Å². The van der Waals surface area contributed by atoms with Crippen molar-refractivity contribution in [3.05, 3.63) is 144 Å². The lowest BCUT2D eigenvalue weighted by molar-refractivity contribution is 0.706. The topological polar surface area (TPSA) is 0 Å². The molecule has 6 rings (SSSR count). The van der Waals surface area contributed by atoms with E-state index in [4.69, 9.17) is 0 Å². The van der Waals surface area contributed by atoms with E-state index < -0.39 is 0 Å². The van der Waals surface area contributed by atoms with Crippen LogP contribution < -0.4 is 0 Å². The molecule has 0 spiro atoms. The average Bonchev–Trinajstić information content (AvgIpc) is 2.83. The second-order valence-corrected chi connectivity index (χ2v) is 8.80. The van der Waals surface area contributed by atoms with Crippen LogP contribution in [0.15, 0.2) is 131 Å². The zero-order chi connectivity index (χ0) is 20.0. The van der Waals surface area contributed by atoms with Crippen LogP contribution in [0.3, 0.4) is 0 Å². The zero-order valence-electron chi connectivity index (χ0n) is 16.5. The fraction of sp³-hybridized carbons (Fsp3) is 0.0345. The lowest BCUT2D eigenvalue weighted by Crippen LogP contribution is -2.34. The van der Waals surface area contributed by atoms with Gasteiger partial charge in [0.1, 0.15) is 0 Å². The van der Waals surface area contributed by atoms with Gasteiger partial charge in [0.2, 0.25) is 0 Å². The van der Waals surface area contributed by atoms with Crippen molar-refractivity contribution in [2.24, 2.45) is 0 Å². The Labute approximate surface area is 181 Å². The van der Waals surface area contributed by atoms with Gasteiger partial charge in [-0.05, 0) is 39.1 Å². The molecule has 0 fully saturated rings. The molecule has 1 heteroatoms. The standard InChI is InChI=1S/C29H20S/c1-3-12-22(13-4-1)29(23-14-5-2-6-15-23)25-17-9-10-18-27(25)30-28-24-16-8-7-11-21(24)19-20-26(28)29/h1-20H. The maximum Gasteiger partial charge on any atom is 0.0723 e. The molecule has 0 aromatic heterocycles. The first-order valence-corrected chi connectivity index (χ1v) is 11.1. The summed E-state index contributed by atoms with van der Waals surface area (Å²) in [4.78, 5) is 2.69. The highest BCUT2D eigenvalue weighted by Crippen LogP contribution is 2.56. The first kappa shape index (κ1) is 17.6. The van der Waals surface area contributed by atoms with Crippen molar-refractivity contribution in [2.75, 3.05) is 0 Å². The average molecular weight is 401 g/mol. The Bertz CT molecular complexity index is 1310. The van der Waals surface area contributed by atoms with Gasteiger partial charge in [0, 0.05) is 9.79 Å². The second-order valence-electron chi connectivity index (χ2n) is 7.74. The smallest absolute Gasteiger partial charge is 0.0723 e. The molecule has 0 radical (unpaired) electrons. The van der Waals surface area contributed by atoms with Crippen molar-refractivity contribution in [1.29, 1.82) is 0 Å². The Morgan fingerprint density at radius 3 is 1.80 bits per heavy atom. The SMILES string of the molecule is c1ccc(C2(c3ccccc3)c3ccccc3Sc3c2ccc2ccccc32)cc1. The maximum absolute atomic E-state index is 2.35. The predicted octanol–water partition coefficient (Wildman–Crippen LogP) is 7.69. The van der Waals surface area contributed by atoms with Gasteiger partial charge < -0.3 is 0 Å². The first-order chi connectivity index (χ1) is 14.9. The molecule has 0 atom stereocenters. The van der Waals surface area contributed by atoms with Crippen molar-refractivity contribution in [3.8, 4) is 0 Å². The summed E-state index contributed by atoms with van der Waals surface area (Å²) < 4.78 is 0. The number of fused-ring (bicyclic) bond motifs is 4. The number of rotatable bonds is 2. The summed E-state index contributed by atoms with van der Waals surface area (Å²) >= 11 is 1.90. The van der Waals surface area contributed by atoms with E-state index in [0.29, 0.717) is 0 Å². The molecule has 5 aromatic carbocycles. The van der Waals surface area contributed by atoms with Crippen LogP contribution in [0.25, 0.3) is 10.8 Å². The Kier molecular flexibility index (Phi) is 4.04.